The van der Waals surface area contributed by atoms with Crippen LogP contribution in [-0.4, -0.2) is 32.6 Å². The third-order valence-corrected chi connectivity index (χ3v) is 3.33. The molecule has 0 aliphatic rings. The van der Waals surface area contributed by atoms with Crippen molar-refractivity contribution in [2.45, 2.75) is 33.3 Å². The van der Waals surface area contributed by atoms with Gasteiger partial charge in [0.15, 0.2) is 5.69 Å². The van der Waals surface area contributed by atoms with Gasteiger partial charge in [0, 0.05) is 12.8 Å². The molecule has 2 aromatic rings. The zero-order valence-electron chi connectivity index (χ0n) is 13.5. The van der Waals surface area contributed by atoms with Gasteiger partial charge in [-0.2, -0.15) is 23.4 Å². The van der Waals surface area contributed by atoms with Gasteiger partial charge < -0.3 is 10.1 Å². The Labute approximate surface area is 136 Å². The van der Waals surface area contributed by atoms with Crippen LogP contribution in [0.3, 0.4) is 0 Å². The van der Waals surface area contributed by atoms with E-state index in [0.29, 0.717) is 11.4 Å². The van der Waals surface area contributed by atoms with Crippen LogP contribution < -0.4 is 5.32 Å². The highest BCUT2D eigenvalue weighted by Crippen LogP contribution is 2.28. The van der Waals surface area contributed by atoms with Crippen LogP contribution in [-0.2, 0) is 29.0 Å². The van der Waals surface area contributed by atoms with Crippen molar-refractivity contribution < 1.29 is 22.7 Å². The minimum atomic E-state index is -4.50. The highest BCUT2D eigenvalue weighted by molar-refractivity contribution is 5.91. The molecule has 24 heavy (non-hydrogen) atoms. The van der Waals surface area contributed by atoms with E-state index in [4.69, 9.17) is 4.74 Å². The first-order valence-corrected chi connectivity index (χ1v) is 7.14. The number of methoxy groups -OCH3 is 1. The van der Waals surface area contributed by atoms with Crippen molar-refractivity contribution in [1.29, 1.82) is 0 Å². The topological polar surface area (TPSA) is 74.0 Å². The first kappa shape index (κ1) is 18.0. The maximum Gasteiger partial charge on any atom is 0.435 e. The summed E-state index contributed by atoms with van der Waals surface area (Å²) >= 11 is 0. The number of halogens is 3. The van der Waals surface area contributed by atoms with Gasteiger partial charge in [0.1, 0.15) is 6.73 Å². The Morgan fingerprint density at radius 1 is 1.46 bits per heavy atom. The van der Waals surface area contributed by atoms with E-state index in [1.165, 1.54) is 29.6 Å². The number of nitrogens with one attached hydrogen (secondary N) is 1. The van der Waals surface area contributed by atoms with Crippen LogP contribution in [0.1, 0.15) is 18.3 Å². The summed E-state index contributed by atoms with van der Waals surface area (Å²) < 4.78 is 45.5. The van der Waals surface area contributed by atoms with Crippen molar-refractivity contribution in [1.82, 2.24) is 19.6 Å². The SMILES string of the molecule is COCn1cc(NC(=O)C(C)Cn2nc(C(F)(F)F)cc2C)cn1. The molecule has 0 aliphatic carbocycles. The van der Waals surface area contributed by atoms with Crippen molar-refractivity contribution in [3.8, 4) is 0 Å². The van der Waals surface area contributed by atoms with Crippen LogP contribution in [0.5, 0.6) is 0 Å². The Morgan fingerprint density at radius 2 is 2.17 bits per heavy atom. The first-order valence-electron chi connectivity index (χ1n) is 7.14. The highest BCUT2D eigenvalue weighted by atomic mass is 19.4. The fourth-order valence-electron chi connectivity index (χ4n) is 2.07. The quantitative estimate of drug-likeness (QED) is 0.872. The number of rotatable bonds is 6. The zero-order chi connectivity index (χ0) is 17.9. The Bertz CT molecular complexity index is 708. The molecule has 0 spiro atoms. The molecule has 0 radical (unpaired) electrons. The van der Waals surface area contributed by atoms with Gasteiger partial charge in [-0.25, -0.2) is 4.68 Å². The molecule has 1 N–H and O–H groups in total. The van der Waals surface area contributed by atoms with Crippen LogP contribution in [0.2, 0.25) is 0 Å². The second kappa shape index (κ2) is 7.04. The number of hydrogen-bond acceptors (Lipinski definition) is 4. The number of carbonyl (C=O) groups is 1. The van der Waals surface area contributed by atoms with Crippen LogP contribution in [0.15, 0.2) is 18.5 Å². The van der Waals surface area contributed by atoms with Gasteiger partial charge >= 0.3 is 6.18 Å². The lowest BCUT2D eigenvalue weighted by molar-refractivity contribution is -0.141. The number of aryl methyl sites for hydroxylation is 1. The molecule has 1 amide bonds. The van der Waals surface area contributed by atoms with E-state index >= 15 is 0 Å². The number of alkyl halides is 3. The molecule has 1 atom stereocenters. The molecule has 7 nitrogen and oxygen atoms in total. The van der Waals surface area contributed by atoms with Crippen LogP contribution >= 0.6 is 0 Å². The maximum absolute atomic E-state index is 12.7. The van der Waals surface area contributed by atoms with Gasteiger partial charge in [0.05, 0.1) is 30.5 Å². The number of aromatic nitrogens is 4. The Hall–Kier alpha value is -2.36. The maximum atomic E-state index is 12.7. The molecule has 0 aliphatic heterocycles. The molecule has 0 saturated heterocycles. The number of nitrogens with zero attached hydrogens (tertiary/aromatic N) is 4. The van der Waals surface area contributed by atoms with E-state index in [1.54, 1.807) is 13.1 Å². The monoisotopic (exact) mass is 345 g/mol. The molecular weight excluding hydrogens is 327 g/mol. The molecule has 2 aromatic heterocycles. The van der Waals surface area contributed by atoms with E-state index in [0.717, 1.165) is 6.07 Å². The summed E-state index contributed by atoms with van der Waals surface area (Å²) in [6, 6.07) is 0.958. The second-order valence-electron chi connectivity index (χ2n) is 5.43. The third kappa shape index (κ3) is 4.34. The number of hydrogen-bond donors (Lipinski definition) is 1. The number of ether oxygens (including phenoxy) is 1. The standard InChI is InChI=1S/C14H18F3N5O2/c1-9(6-22-10(2)4-12(20-22)14(15,16)17)13(23)19-11-5-18-21(7-11)8-24-3/h4-5,7,9H,6,8H2,1-3H3,(H,19,23). The summed E-state index contributed by atoms with van der Waals surface area (Å²) in [5, 5.41) is 10.2. The second-order valence-corrected chi connectivity index (χ2v) is 5.43. The van der Waals surface area contributed by atoms with Crippen molar-refractivity contribution in [3.63, 3.8) is 0 Å². The molecular formula is C14H18F3N5O2. The van der Waals surface area contributed by atoms with E-state index in [9.17, 15) is 18.0 Å². The van der Waals surface area contributed by atoms with E-state index < -0.39 is 17.8 Å². The predicted molar refractivity (Wildman–Crippen MR) is 79.0 cm³/mol. The smallest absolute Gasteiger partial charge is 0.362 e. The van der Waals surface area contributed by atoms with E-state index in [1.807, 2.05) is 0 Å². The van der Waals surface area contributed by atoms with Gasteiger partial charge in [0.2, 0.25) is 5.91 Å². The summed E-state index contributed by atoms with van der Waals surface area (Å²) in [6.07, 6.45) is -1.45. The van der Waals surface area contributed by atoms with Crippen molar-refractivity contribution in [2.24, 2.45) is 5.92 Å². The fourth-order valence-corrected chi connectivity index (χ4v) is 2.07. The molecule has 2 heterocycles. The van der Waals surface area contributed by atoms with Crippen molar-refractivity contribution in [3.05, 3.63) is 29.8 Å². The summed E-state index contributed by atoms with van der Waals surface area (Å²) in [6.45, 7) is 3.42. The van der Waals surface area contributed by atoms with Gasteiger partial charge in [-0.05, 0) is 13.0 Å². The van der Waals surface area contributed by atoms with E-state index in [-0.39, 0.29) is 19.2 Å². The molecule has 0 bridgehead atoms. The Morgan fingerprint density at radius 3 is 2.75 bits per heavy atom. The minimum Gasteiger partial charge on any atom is -0.362 e. The summed E-state index contributed by atoms with van der Waals surface area (Å²) in [7, 11) is 1.52. The summed E-state index contributed by atoms with van der Waals surface area (Å²) in [5.41, 5.74) is -0.139. The summed E-state index contributed by atoms with van der Waals surface area (Å²) in [4.78, 5) is 12.2. The molecule has 132 valence electrons. The Kier molecular flexibility index (Phi) is 5.27. The minimum absolute atomic E-state index is 0.0416. The fraction of sp³-hybridized carbons (Fsp3) is 0.500. The van der Waals surface area contributed by atoms with Crippen LogP contribution in [0, 0.1) is 12.8 Å². The van der Waals surface area contributed by atoms with Crippen molar-refractivity contribution >= 4 is 11.6 Å². The average molecular weight is 345 g/mol. The largest absolute Gasteiger partial charge is 0.435 e. The predicted octanol–water partition coefficient (Wildman–Crippen LogP) is 2.29. The molecule has 0 saturated carbocycles. The highest BCUT2D eigenvalue weighted by Gasteiger charge is 2.34. The molecule has 0 aromatic carbocycles. The lowest BCUT2D eigenvalue weighted by atomic mass is 10.1. The van der Waals surface area contributed by atoms with Gasteiger partial charge in [0.25, 0.3) is 0 Å². The first-order chi connectivity index (χ1) is 11.2. The normalized spacial score (nSPS) is 13.1. The lowest BCUT2D eigenvalue weighted by Gasteiger charge is -2.12. The molecule has 10 heteroatoms. The number of anilines is 1. The lowest BCUT2D eigenvalue weighted by Crippen LogP contribution is -2.25. The molecule has 1 unspecified atom stereocenters. The van der Waals surface area contributed by atoms with Crippen LogP contribution in [0.25, 0.3) is 0 Å². The van der Waals surface area contributed by atoms with Crippen molar-refractivity contribution in [2.75, 3.05) is 12.4 Å². The molecule has 0 fully saturated rings. The average Bonchev–Trinajstić information content (AvgIpc) is 3.06. The number of amides is 1. The Balaban J connectivity index is 1.99. The zero-order valence-corrected chi connectivity index (χ0v) is 13.5. The summed E-state index contributed by atoms with van der Waals surface area (Å²) in [5.74, 6) is -0.911. The number of carbonyl (C=O) groups excluding carboxylic acids is 1. The third-order valence-electron chi connectivity index (χ3n) is 3.33. The van der Waals surface area contributed by atoms with E-state index in [2.05, 4.69) is 15.5 Å². The van der Waals surface area contributed by atoms with Gasteiger partial charge in [-0.3, -0.25) is 9.48 Å². The van der Waals surface area contributed by atoms with Gasteiger partial charge in [-0.15, -0.1) is 0 Å². The van der Waals surface area contributed by atoms with Crippen LogP contribution in [0.4, 0.5) is 18.9 Å². The van der Waals surface area contributed by atoms with Gasteiger partial charge in [-0.1, -0.05) is 6.92 Å². The molecule has 2 rings (SSSR count).